The molecule has 6 heteroatoms. The molecule has 0 aromatic heterocycles. The van der Waals surface area contributed by atoms with Gasteiger partial charge in [0.15, 0.2) is 6.67 Å². The SMILES string of the molecule is S=C1SC[NH+](CC[NH+]2CCOCC2)CN1Cc1ccccc1. The smallest absolute Gasteiger partial charge is 0.155 e. The van der Waals surface area contributed by atoms with E-state index in [-0.39, 0.29) is 0 Å². The number of benzene rings is 1. The van der Waals surface area contributed by atoms with Crippen molar-refractivity contribution in [3.05, 3.63) is 35.9 Å². The highest BCUT2D eigenvalue weighted by molar-refractivity contribution is 8.22. The van der Waals surface area contributed by atoms with Crippen molar-refractivity contribution < 1.29 is 14.5 Å². The normalized spacial score (nSPS) is 23.7. The summed E-state index contributed by atoms with van der Waals surface area (Å²) in [5, 5.41) is 0. The summed E-state index contributed by atoms with van der Waals surface area (Å²) in [6.07, 6.45) is 0. The number of thiocarbonyl (C=S) groups is 1. The van der Waals surface area contributed by atoms with Crippen molar-refractivity contribution in [2.24, 2.45) is 0 Å². The van der Waals surface area contributed by atoms with Crippen molar-refractivity contribution in [3.63, 3.8) is 0 Å². The number of hydrogen-bond acceptors (Lipinski definition) is 3. The van der Waals surface area contributed by atoms with Gasteiger partial charge in [-0.05, 0) is 17.3 Å². The molecule has 2 aliphatic rings. The van der Waals surface area contributed by atoms with Gasteiger partial charge < -0.3 is 19.4 Å². The molecule has 0 amide bonds. The number of ether oxygens (including phenoxy) is 1. The largest absolute Gasteiger partial charge is 0.370 e. The van der Waals surface area contributed by atoms with Crippen LogP contribution in [-0.2, 0) is 11.3 Å². The van der Waals surface area contributed by atoms with Gasteiger partial charge in [-0.1, -0.05) is 42.5 Å². The summed E-state index contributed by atoms with van der Waals surface area (Å²) in [4.78, 5) is 5.67. The third kappa shape index (κ3) is 4.67. The molecule has 4 nitrogen and oxygen atoms in total. The first-order valence-electron chi connectivity index (χ1n) is 8.02. The van der Waals surface area contributed by atoms with Gasteiger partial charge in [0.05, 0.1) is 13.2 Å². The lowest BCUT2D eigenvalue weighted by Gasteiger charge is -2.34. The van der Waals surface area contributed by atoms with E-state index in [1.165, 1.54) is 18.7 Å². The molecule has 2 N–H and O–H groups in total. The highest BCUT2D eigenvalue weighted by Gasteiger charge is 2.26. The fraction of sp³-hybridized carbons (Fsp3) is 0.562. The standard InChI is InChI=1S/C16H23N3OS2/c21-16-19(12-15-4-2-1-3-5-15)13-18(14-22-16)7-6-17-8-10-20-11-9-17/h1-5H,6-14H2/p+2. The quantitative estimate of drug-likeness (QED) is 0.688. The molecule has 0 spiro atoms. The Bertz CT molecular complexity index is 480. The maximum atomic E-state index is 5.54. The van der Waals surface area contributed by atoms with Crippen LogP contribution in [0.1, 0.15) is 5.56 Å². The molecule has 2 heterocycles. The average Bonchev–Trinajstić information content (AvgIpc) is 2.57. The van der Waals surface area contributed by atoms with Crippen LogP contribution < -0.4 is 9.80 Å². The monoisotopic (exact) mass is 339 g/mol. The predicted molar refractivity (Wildman–Crippen MR) is 94.1 cm³/mol. The number of nitrogens with zero attached hydrogens (tertiary/aromatic N) is 1. The molecule has 1 atom stereocenters. The van der Waals surface area contributed by atoms with Crippen molar-refractivity contribution in [2.45, 2.75) is 6.54 Å². The molecule has 0 radical (unpaired) electrons. The number of nitrogens with one attached hydrogen (secondary N) is 2. The molecule has 22 heavy (non-hydrogen) atoms. The van der Waals surface area contributed by atoms with Gasteiger partial charge in [-0.15, -0.1) is 0 Å². The topological polar surface area (TPSA) is 21.4 Å². The summed E-state index contributed by atoms with van der Waals surface area (Å²) in [6.45, 7) is 8.58. The second kappa shape index (κ2) is 8.26. The van der Waals surface area contributed by atoms with E-state index in [1.54, 1.807) is 9.80 Å². The van der Waals surface area contributed by atoms with E-state index < -0.39 is 0 Å². The van der Waals surface area contributed by atoms with Gasteiger partial charge >= 0.3 is 0 Å². The Morgan fingerprint density at radius 1 is 1.09 bits per heavy atom. The van der Waals surface area contributed by atoms with Crippen LogP contribution in [0.3, 0.4) is 0 Å². The molecule has 1 aromatic rings. The third-order valence-corrected chi connectivity index (χ3v) is 5.99. The second-order valence-corrected chi connectivity index (χ2v) is 7.62. The van der Waals surface area contributed by atoms with E-state index in [4.69, 9.17) is 17.0 Å². The fourth-order valence-corrected chi connectivity index (χ4v) is 4.16. The first-order chi connectivity index (χ1) is 10.8. The summed E-state index contributed by atoms with van der Waals surface area (Å²) in [7, 11) is 0. The van der Waals surface area contributed by atoms with Gasteiger partial charge in [0.1, 0.15) is 36.4 Å². The summed E-state index contributed by atoms with van der Waals surface area (Å²) in [5.41, 5.74) is 1.34. The molecule has 0 saturated carbocycles. The van der Waals surface area contributed by atoms with Crippen molar-refractivity contribution in [1.82, 2.24) is 4.90 Å². The number of hydrogen-bond donors (Lipinski definition) is 2. The van der Waals surface area contributed by atoms with Gasteiger partial charge in [-0.3, -0.25) is 0 Å². The summed E-state index contributed by atoms with van der Waals surface area (Å²) in [6, 6.07) is 10.6. The Labute approximate surface area is 142 Å². The van der Waals surface area contributed by atoms with Gasteiger partial charge in [0.25, 0.3) is 0 Å². The van der Waals surface area contributed by atoms with Gasteiger partial charge in [-0.2, -0.15) is 0 Å². The summed E-state index contributed by atoms with van der Waals surface area (Å²) in [5.74, 6) is 1.11. The van der Waals surface area contributed by atoms with Gasteiger partial charge in [0, 0.05) is 6.54 Å². The van der Waals surface area contributed by atoms with Crippen molar-refractivity contribution in [2.75, 3.05) is 51.9 Å². The highest BCUT2D eigenvalue weighted by atomic mass is 32.2. The number of thioether (sulfide) groups is 1. The zero-order valence-corrected chi connectivity index (χ0v) is 14.6. The lowest BCUT2D eigenvalue weighted by atomic mass is 10.2. The van der Waals surface area contributed by atoms with Crippen LogP contribution >= 0.6 is 24.0 Å². The molecule has 2 saturated heterocycles. The van der Waals surface area contributed by atoms with Crippen LogP contribution in [0.4, 0.5) is 0 Å². The zero-order valence-electron chi connectivity index (χ0n) is 12.9. The molecule has 3 rings (SSSR count). The van der Waals surface area contributed by atoms with Crippen molar-refractivity contribution >= 4 is 28.3 Å². The minimum Gasteiger partial charge on any atom is -0.370 e. The summed E-state index contributed by atoms with van der Waals surface area (Å²) >= 11 is 7.37. The second-order valence-electron chi connectivity index (χ2n) is 6.01. The van der Waals surface area contributed by atoms with Crippen LogP contribution in [-0.4, -0.2) is 61.2 Å². The third-order valence-electron chi connectivity index (χ3n) is 4.32. The number of quaternary nitrogens is 2. The first kappa shape index (κ1) is 16.2. The maximum Gasteiger partial charge on any atom is 0.155 e. The molecule has 1 aromatic carbocycles. The van der Waals surface area contributed by atoms with Gasteiger partial charge in [-0.25, -0.2) is 0 Å². The Morgan fingerprint density at radius 2 is 1.82 bits per heavy atom. The van der Waals surface area contributed by atoms with E-state index in [0.717, 1.165) is 49.7 Å². The molecule has 2 aliphatic heterocycles. The van der Waals surface area contributed by atoms with Gasteiger partial charge in [0.2, 0.25) is 0 Å². The van der Waals surface area contributed by atoms with E-state index in [9.17, 15) is 0 Å². The Kier molecular flexibility index (Phi) is 6.09. The molecule has 1 unspecified atom stereocenters. The zero-order chi connectivity index (χ0) is 15.2. The Balaban J connectivity index is 1.48. The minimum absolute atomic E-state index is 0.920. The molecule has 120 valence electrons. The van der Waals surface area contributed by atoms with Crippen molar-refractivity contribution in [3.8, 4) is 0 Å². The number of morpholine rings is 1. The van der Waals surface area contributed by atoms with Crippen LogP contribution in [0, 0.1) is 0 Å². The van der Waals surface area contributed by atoms with E-state index in [0.29, 0.717) is 0 Å². The lowest BCUT2D eigenvalue weighted by Crippen LogP contribution is -3.22. The average molecular weight is 340 g/mol. The molecular weight excluding hydrogens is 314 g/mol. The van der Waals surface area contributed by atoms with E-state index in [1.807, 2.05) is 11.8 Å². The van der Waals surface area contributed by atoms with E-state index in [2.05, 4.69) is 35.2 Å². The fourth-order valence-electron chi connectivity index (χ4n) is 2.97. The molecular formula is C16H25N3OS2+2. The number of rotatable bonds is 5. The molecule has 2 fully saturated rings. The predicted octanol–water partition coefficient (Wildman–Crippen LogP) is -0.765. The van der Waals surface area contributed by atoms with Crippen LogP contribution in [0.2, 0.25) is 0 Å². The molecule has 0 bridgehead atoms. The van der Waals surface area contributed by atoms with Crippen LogP contribution in [0.25, 0.3) is 0 Å². The highest BCUT2D eigenvalue weighted by Crippen LogP contribution is 2.13. The maximum absolute atomic E-state index is 5.54. The Morgan fingerprint density at radius 3 is 2.59 bits per heavy atom. The summed E-state index contributed by atoms with van der Waals surface area (Å²) < 4.78 is 6.48. The first-order valence-corrected chi connectivity index (χ1v) is 9.41. The lowest BCUT2D eigenvalue weighted by molar-refractivity contribution is -0.959. The Hall–Kier alpha value is -0.660. The van der Waals surface area contributed by atoms with Crippen molar-refractivity contribution in [1.29, 1.82) is 0 Å². The van der Waals surface area contributed by atoms with Crippen LogP contribution in [0.5, 0.6) is 0 Å². The van der Waals surface area contributed by atoms with Crippen LogP contribution in [0.15, 0.2) is 30.3 Å². The minimum atomic E-state index is 0.920. The van der Waals surface area contributed by atoms with E-state index >= 15 is 0 Å². The molecule has 0 aliphatic carbocycles.